The SMILES string of the molecule is COc1cccc(OS(=O)(=O)c2cccc(Cl)c2F)c1. The highest BCUT2D eigenvalue weighted by atomic mass is 35.5. The first-order valence-electron chi connectivity index (χ1n) is 5.46. The van der Waals surface area contributed by atoms with Gasteiger partial charge in [0.15, 0.2) is 5.82 Å². The maximum atomic E-state index is 13.7. The highest BCUT2D eigenvalue weighted by Crippen LogP contribution is 2.26. The zero-order valence-corrected chi connectivity index (χ0v) is 11.9. The summed E-state index contributed by atoms with van der Waals surface area (Å²) in [5.41, 5.74) is 0. The van der Waals surface area contributed by atoms with E-state index in [1.54, 1.807) is 12.1 Å². The van der Waals surface area contributed by atoms with E-state index in [4.69, 9.17) is 20.5 Å². The predicted octanol–water partition coefficient (Wildman–Crippen LogP) is 3.26. The van der Waals surface area contributed by atoms with Crippen molar-refractivity contribution in [3.05, 3.63) is 53.3 Å². The van der Waals surface area contributed by atoms with Crippen molar-refractivity contribution in [2.45, 2.75) is 4.90 Å². The van der Waals surface area contributed by atoms with E-state index in [1.807, 2.05) is 0 Å². The minimum atomic E-state index is -4.31. The summed E-state index contributed by atoms with van der Waals surface area (Å²) in [5, 5.41) is -0.291. The normalized spacial score (nSPS) is 11.2. The Morgan fingerprint density at radius 1 is 1.10 bits per heavy atom. The van der Waals surface area contributed by atoms with Crippen LogP contribution in [0.4, 0.5) is 4.39 Å². The van der Waals surface area contributed by atoms with Gasteiger partial charge in [0.25, 0.3) is 0 Å². The van der Waals surface area contributed by atoms with Crippen molar-refractivity contribution < 1.29 is 21.7 Å². The zero-order valence-electron chi connectivity index (χ0n) is 10.3. The topological polar surface area (TPSA) is 52.6 Å². The second kappa shape index (κ2) is 5.68. The van der Waals surface area contributed by atoms with Crippen molar-refractivity contribution >= 4 is 21.7 Å². The van der Waals surface area contributed by atoms with Gasteiger partial charge in [-0.2, -0.15) is 8.42 Å². The lowest BCUT2D eigenvalue weighted by Gasteiger charge is -2.09. The Morgan fingerprint density at radius 2 is 1.75 bits per heavy atom. The summed E-state index contributed by atoms with van der Waals surface area (Å²) in [6.07, 6.45) is 0. The van der Waals surface area contributed by atoms with Crippen LogP contribution < -0.4 is 8.92 Å². The molecule has 2 rings (SSSR count). The van der Waals surface area contributed by atoms with E-state index in [0.29, 0.717) is 5.75 Å². The average Bonchev–Trinajstić information content (AvgIpc) is 2.41. The fourth-order valence-corrected chi connectivity index (χ4v) is 2.75. The van der Waals surface area contributed by atoms with Gasteiger partial charge >= 0.3 is 10.1 Å². The summed E-state index contributed by atoms with van der Waals surface area (Å²) in [7, 11) is -2.87. The molecule has 4 nitrogen and oxygen atoms in total. The van der Waals surface area contributed by atoms with Crippen LogP contribution in [0.3, 0.4) is 0 Å². The highest BCUT2D eigenvalue weighted by molar-refractivity contribution is 7.87. The Balaban J connectivity index is 2.38. The highest BCUT2D eigenvalue weighted by Gasteiger charge is 2.23. The van der Waals surface area contributed by atoms with Crippen molar-refractivity contribution in [2.24, 2.45) is 0 Å². The van der Waals surface area contributed by atoms with E-state index in [9.17, 15) is 12.8 Å². The minimum absolute atomic E-state index is 0.0173. The summed E-state index contributed by atoms with van der Waals surface area (Å²) in [5.74, 6) is -0.606. The van der Waals surface area contributed by atoms with E-state index in [-0.39, 0.29) is 10.8 Å². The molecule has 0 aliphatic heterocycles. The summed E-state index contributed by atoms with van der Waals surface area (Å²) in [6.45, 7) is 0. The lowest BCUT2D eigenvalue weighted by atomic mass is 10.3. The molecule has 0 saturated heterocycles. The molecule has 0 radical (unpaired) electrons. The Kier molecular flexibility index (Phi) is 4.15. The molecule has 0 amide bonds. The Morgan fingerprint density at radius 3 is 2.45 bits per heavy atom. The lowest BCUT2D eigenvalue weighted by Crippen LogP contribution is -2.11. The maximum Gasteiger partial charge on any atom is 0.342 e. The molecular weight excluding hydrogens is 307 g/mol. The summed E-state index contributed by atoms with van der Waals surface area (Å²) in [6, 6.07) is 9.63. The van der Waals surface area contributed by atoms with Gasteiger partial charge in [-0.3, -0.25) is 0 Å². The molecule has 0 unspecified atom stereocenters. The quantitative estimate of drug-likeness (QED) is 0.812. The molecule has 0 atom stereocenters. The van der Waals surface area contributed by atoms with E-state index in [0.717, 1.165) is 6.07 Å². The van der Waals surface area contributed by atoms with Crippen LogP contribution in [-0.2, 0) is 10.1 Å². The second-order valence-corrected chi connectivity index (χ2v) is 5.69. The number of hydrogen-bond donors (Lipinski definition) is 0. The van der Waals surface area contributed by atoms with Gasteiger partial charge in [0.2, 0.25) is 0 Å². The van der Waals surface area contributed by atoms with E-state index >= 15 is 0 Å². The van der Waals surface area contributed by atoms with Crippen LogP contribution in [0.2, 0.25) is 5.02 Å². The molecule has 0 aromatic heterocycles. The zero-order chi connectivity index (χ0) is 14.8. The molecule has 0 heterocycles. The van der Waals surface area contributed by atoms with Crippen LogP contribution >= 0.6 is 11.6 Å². The molecule has 0 N–H and O–H groups in total. The van der Waals surface area contributed by atoms with Gasteiger partial charge in [-0.05, 0) is 24.3 Å². The van der Waals surface area contributed by atoms with Gasteiger partial charge < -0.3 is 8.92 Å². The van der Waals surface area contributed by atoms with Gasteiger partial charge in [-0.25, -0.2) is 4.39 Å². The fourth-order valence-electron chi connectivity index (χ4n) is 1.50. The maximum absolute atomic E-state index is 13.7. The Hall–Kier alpha value is -1.79. The number of benzene rings is 2. The van der Waals surface area contributed by atoms with Gasteiger partial charge in [-0.1, -0.05) is 23.7 Å². The molecule has 0 aliphatic carbocycles. The third-order valence-corrected chi connectivity index (χ3v) is 3.99. The molecule has 0 saturated carbocycles. The van der Waals surface area contributed by atoms with Crippen LogP contribution in [0.15, 0.2) is 47.4 Å². The second-order valence-electron chi connectivity index (χ2n) is 3.77. The summed E-state index contributed by atoms with van der Waals surface area (Å²) >= 11 is 5.56. The van der Waals surface area contributed by atoms with Crippen LogP contribution in [0.5, 0.6) is 11.5 Å². The molecule has 2 aromatic rings. The fraction of sp³-hybridized carbons (Fsp3) is 0.0769. The van der Waals surface area contributed by atoms with Crippen molar-refractivity contribution in [3.63, 3.8) is 0 Å². The van der Waals surface area contributed by atoms with Gasteiger partial charge in [-0.15, -0.1) is 0 Å². The van der Waals surface area contributed by atoms with Crippen molar-refractivity contribution in [3.8, 4) is 11.5 Å². The number of methoxy groups -OCH3 is 1. The van der Waals surface area contributed by atoms with Gasteiger partial charge in [0, 0.05) is 6.07 Å². The number of rotatable bonds is 4. The van der Waals surface area contributed by atoms with E-state index < -0.39 is 20.8 Å². The molecular formula is C13H10ClFO4S. The lowest BCUT2D eigenvalue weighted by molar-refractivity contribution is 0.411. The summed E-state index contributed by atoms with van der Waals surface area (Å²) < 4.78 is 47.6. The van der Waals surface area contributed by atoms with Crippen molar-refractivity contribution in [2.75, 3.05) is 7.11 Å². The number of ether oxygens (including phenoxy) is 1. The average molecular weight is 317 g/mol. The minimum Gasteiger partial charge on any atom is -0.497 e. The predicted molar refractivity (Wildman–Crippen MR) is 72.2 cm³/mol. The molecule has 0 fully saturated rings. The first-order valence-corrected chi connectivity index (χ1v) is 7.25. The third-order valence-electron chi connectivity index (χ3n) is 2.43. The van der Waals surface area contributed by atoms with Crippen molar-refractivity contribution in [1.29, 1.82) is 0 Å². The van der Waals surface area contributed by atoms with Gasteiger partial charge in [0.05, 0.1) is 12.1 Å². The van der Waals surface area contributed by atoms with Crippen molar-refractivity contribution in [1.82, 2.24) is 0 Å². The molecule has 0 bridgehead atoms. The molecule has 20 heavy (non-hydrogen) atoms. The molecule has 0 aliphatic rings. The standard InChI is InChI=1S/C13H10ClFO4S/c1-18-9-4-2-5-10(8-9)19-20(16,17)12-7-3-6-11(14)13(12)15/h2-8H,1H3. The largest absolute Gasteiger partial charge is 0.497 e. The Labute approximate surface area is 120 Å². The molecule has 7 heteroatoms. The van der Waals surface area contributed by atoms with Crippen LogP contribution in [0.25, 0.3) is 0 Å². The van der Waals surface area contributed by atoms with Crippen LogP contribution in [0, 0.1) is 5.82 Å². The number of halogens is 2. The Bertz CT molecular complexity index is 731. The molecule has 2 aromatic carbocycles. The first kappa shape index (κ1) is 14.6. The van der Waals surface area contributed by atoms with E-state index in [2.05, 4.69) is 0 Å². The van der Waals surface area contributed by atoms with Crippen LogP contribution in [0.1, 0.15) is 0 Å². The molecule has 106 valence electrons. The number of hydrogen-bond acceptors (Lipinski definition) is 4. The third kappa shape index (κ3) is 3.02. The molecule has 0 spiro atoms. The van der Waals surface area contributed by atoms with Crippen LogP contribution in [-0.4, -0.2) is 15.5 Å². The summed E-state index contributed by atoms with van der Waals surface area (Å²) in [4.78, 5) is -0.618. The monoisotopic (exact) mass is 316 g/mol. The van der Waals surface area contributed by atoms with E-state index in [1.165, 1.54) is 31.4 Å². The smallest absolute Gasteiger partial charge is 0.342 e. The van der Waals surface area contributed by atoms with Gasteiger partial charge in [0.1, 0.15) is 16.4 Å². The first-order chi connectivity index (χ1) is 9.44.